The number of carbonyl (C=O) groups excluding carboxylic acids is 1. The fourth-order valence-corrected chi connectivity index (χ4v) is 5.02. The number of aromatic nitrogens is 2. The second kappa shape index (κ2) is 12.1. The Morgan fingerprint density at radius 1 is 0.868 bits per heavy atom. The molecule has 1 unspecified atom stereocenters. The van der Waals surface area contributed by atoms with Crippen molar-refractivity contribution >= 4 is 17.4 Å². The quantitative estimate of drug-likeness (QED) is 0.321. The van der Waals surface area contributed by atoms with Crippen molar-refractivity contribution in [1.82, 2.24) is 13.8 Å². The maximum absolute atomic E-state index is 12.9. The lowest BCUT2D eigenvalue weighted by molar-refractivity contribution is -0.122. The first kappa shape index (κ1) is 27.1. The second-order valence-electron chi connectivity index (χ2n) is 9.81. The molecule has 0 bridgehead atoms. The molecule has 1 aromatic heterocycles. The summed E-state index contributed by atoms with van der Waals surface area (Å²) in [5.74, 6) is 0.989. The van der Waals surface area contributed by atoms with E-state index in [1.165, 1.54) is 14.1 Å². The number of amides is 1. The average Bonchev–Trinajstić information content (AvgIpc) is 3.20. The molecule has 1 atom stereocenters. The minimum Gasteiger partial charge on any atom is -0.497 e. The molecule has 0 saturated heterocycles. The number of nitrogens with zero attached hydrogens (tertiary/aromatic N) is 2. The van der Waals surface area contributed by atoms with E-state index in [9.17, 15) is 14.4 Å². The fourth-order valence-electron chi connectivity index (χ4n) is 4.22. The van der Waals surface area contributed by atoms with Crippen molar-refractivity contribution in [1.29, 1.82) is 0 Å². The van der Waals surface area contributed by atoms with Gasteiger partial charge in [-0.3, -0.25) is 9.59 Å². The van der Waals surface area contributed by atoms with E-state index in [0.717, 1.165) is 34.6 Å². The molecule has 0 saturated carbocycles. The molecule has 4 aromatic rings. The van der Waals surface area contributed by atoms with Crippen LogP contribution in [0.4, 0.5) is 0 Å². The van der Waals surface area contributed by atoms with Gasteiger partial charge in [0, 0.05) is 18.1 Å². The number of hydrogen-bond acceptors (Lipinski definition) is 5. The summed E-state index contributed by atoms with van der Waals surface area (Å²) >= 11 is 0.868. The lowest BCUT2D eigenvalue weighted by Gasteiger charge is -2.14. The van der Waals surface area contributed by atoms with E-state index in [4.69, 9.17) is 4.74 Å². The topological polar surface area (TPSA) is 82.3 Å². The highest BCUT2D eigenvalue weighted by Crippen LogP contribution is 2.18. The Morgan fingerprint density at radius 2 is 1.47 bits per heavy atom. The van der Waals surface area contributed by atoms with Gasteiger partial charge in [-0.25, -0.2) is 13.3 Å². The number of ether oxygens (including phenoxy) is 1. The van der Waals surface area contributed by atoms with Crippen molar-refractivity contribution in [2.75, 3.05) is 7.11 Å². The molecule has 0 aliphatic heterocycles. The highest BCUT2D eigenvalue weighted by molar-refractivity contribution is 7.03. The first-order valence-electron chi connectivity index (χ1n) is 12.7. The highest BCUT2D eigenvalue weighted by Gasteiger charge is 2.16. The zero-order valence-corrected chi connectivity index (χ0v) is 23.0. The van der Waals surface area contributed by atoms with Crippen molar-refractivity contribution in [3.8, 4) is 11.4 Å². The summed E-state index contributed by atoms with van der Waals surface area (Å²) in [7, 11) is 1.57. The normalized spacial score (nSPS) is 11.9. The van der Waals surface area contributed by atoms with Gasteiger partial charge in [-0.05, 0) is 65.8 Å². The van der Waals surface area contributed by atoms with Gasteiger partial charge in [0.25, 0.3) is 0 Å². The zero-order valence-electron chi connectivity index (χ0n) is 22.1. The number of benzene rings is 3. The van der Waals surface area contributed by atoms with Crippen LogP contribution in [-0.2, 0) is 24.3 Å². The summed E-state index contributed by atoms with van der Waals surface area (Å²) in [6.07, 6.45) is 1.02. The first-order valence-corrected chi connectivity index (χ1v) is 13.4. The second-order valence-corrected chi connectivity index (χ2v) is 10.7. The Balaban J connectivity index is 1.36. The molecule has 8 heteroatoms. The minimum atomic E-state index is -0.382. The summed E-state index contributed by atoms with van der Waals surface area (Å²) in [6.45, 7) is 6.87. The van der Waals surface area contributed by atoms with E-state index in [-0.39, 0.29) is 28.9 Å². The molecule has 0 aliphatic carbocycles. The van der Waals surface area contributed by atoms with Crippen LogP contribution in [0.2, 0.25) is 0 Å². The number of hydrogen-bond donors (Lipinski definition) is 1. The maximum Gasteiger partial charge on any atom is 0.346 e. The van der Waals surface area contributed by atoms with Gasteiger partial charge in [-0.15, -0.1) is 0 Å². The molecule has 3 aromatic carbocycles. The molecule has 4 rings (SSSR count). The molecule has 0 aliphatic rings. The van der Waals surface area contributed by atoms with Crippen LogP contribution in [0.15, 0.2) is 82.4 Å². The van der Waals surface area contributed by atoms with Crippen LogP contribution in [0, 0.1) is 5.92 Å². The zero-order chi connectivity index (χ0) is 27.2. The molecule has 7 nitrogen and oxygen atoms in total. The maximum atomic E-state index is 12.9. The van der Waals surface area contributed by atoms with Gasteiger partial charge >= 0.3 is 10.6 Å². The van der Waals surface area contributed by atoms with Crippen molar-refractivity contribution < 1.29 is 9.53 Å². The molecule has 1 heterocycles. The van der Waals surface area contributed by atoms with Gasteiger partial charge in [0.05, 0.1) is 25.3 Å². The lowest BCUT2D eigenvalue weighted by atomic mass is 9.96. The van der Waals surface area contributed by atoms with Crippen molar-refractivity contribution in [2.24, 2.45) is 5.92 Å². The monoisotopic (exact) mass is 531 g/mol. The smallest absolute Gasteiger partial charge is 0.346 e. The average molecular weight is 532 g/mol. The number of nitrogens with one attached hydrogen (secondary N) is 1. The van der Waals surface area contributed by atoms with E-state index >= 15 is 0 Å². The predicted octanol–water partition coefficient (Wildman–Crippen LogP) is 4.74. The number of carbonyl (C=O) groups is 1. The molecule has 198 valence electrons. The van der Waals surface area contributed by atoms with Crippen molar-refractivity contribution in [3.05, 3.63) is 115 Å². The van der Waals surface area contributed by atoms with Crippen LogP contribution in [0.3, 0.4) is 0 Å². The third kappa shape index (κ3) is 6.50. The van der Waals surface area contributed by atoms with Crippen LogP contribution < -0.4 is 20.6 Å². The van der Waals surface area contributed by atoms with Crippen molar-refractivity contribution in [2.45, 2.75) is 46.2 Å². The Hall–Kier alpha value is -3.91. The predicted molar refractivity (Wildman–Crippen MR) is 152 cm³/mol. The fraction of sp³-hybridized carbons (Fsp3) is 0.300. The van der Waals surface area contributed by atoms with Gasteiger partial charge in [0.1, 0.15) is 5.75 Å². The Labute approximate surface area is 226 Å². The van der Waals surface area contributed by atoms with Gasteiger partial charge < -0.3 is 10.1 Å². The van der Waals surface area contributed by atoms with Crippen LogP contribution in [0.1, 0.15) is 48.9 Å². The summed E-state index contributed by atoms with van der Waals surface area (Å²) in [5, 5.41) is 3.01. The summed E-state index contributed by atoms with van der Waals surface area (Å²) < 4.78 is 7.76. The number of rotatable bonds is 10. The summed E-state index contributed by atoms with van der Waals surface area (Å²) in [6, 6.07) is 22.8. The van der Waals surface area contributed by atoms with Crippen molar-refractivity contribution in [3.63, 3.8) is 0 Å². The first-order chi connectivity index (χ1) is 18.2. The van der Waals surface area contributed by atoms with Gasteiger partial charge in [0.15, 0.2) is 0 Å². The highest BCUT2D eigenvalue weighted by atomic mass is 32.1. The lowest BCUT2D eigenvalue weighted by Crippen LogP contribution is -2.29. The summed E-state index contributed by atoms with van der Waals surface area (Å²) in [5.41, 5.74) is 4.27. The molecular weight excluding hydrogens is 498 g/mol. The van der Waals surface area contributed by atoms with Crippen LogP contribution >= 0.6 is 11.5 Å². The molecule has 38 heavy (non-hydrogen) atoms. The van der Waals surface area contributed by atoms with E-state index in [1.54, 1.807) is 31.4 Å². The van der Waals surface area contributed by atoms with Gasteiger partial charge in [-0.1, -0.05) is 62.4 Å². The molecule has 0 spiro atoms. The summed E-state index contributed by atoms with van der Waals surface area (Å²) in [4.78, 5) is 37.8. The molecule has 0 radical (unpaired) electrons. The molecule has 0 fully saturated rings. The van der Waals surface area contributed by atoms with E-state index in [1.807, 2.05) is 43.3 Å². The minimum absolute atomic E-state index is 0.0328. The molecule has 1 amide bonds. The number of methoxy groups -OCH3 is 1. The Morgan fingerprint density at radius 3 is 2.08 bits per heavy atom. The third-order valence-electron chi connectivity index (χ3n) is 6.45. The third-order valence-corrected chi connectivity index (χ3v) is 7.37. The van der Waals surface area contributed by atoms with E-state index in [0.29, 0.717) is 23.9 Å². The van der Waals surface area contributed by atoms with E-state index < -0.39 is 0 Å². The largest absolute Gasteiger partial charge is 0.497 e. The Bertz CT molecular complexity index is 1480. The Kier molecular flexibility index (Phi) is 8.63. The van der Waals surface area contributed by atoms with E-state index in [2.05, 4.69) is 31.3 Å². The standard InChI is InChI=1S/C30H33N3O4S/c1-20(2)17-22-9-11-25(12-10-22)21(3)28(34)31-18-23-5-7-24(8-6-23)19-32-29(35)33(38-30(32)36)26-13-15-27(37-4)16-14-26/h5-16,20-21H,17-19H2,1-4H3,(H,31,34). The molecule has 1 N–H and O–H groups in total. The van der Waals surface area contributed by atoms with Gasteiger partial charge in [-0.2, -0.15) is 0 Å². The van der Waals surface area contributed by atoms with Crippen LogP contribution in [0.5, 0.6) is 5.75 Å². The SMILES string of the molecule is COc1ccc(-n2sc(=O)n(Cc3ccc(CNC(=O)C(C)c4ccc(CC(C)C)cc4)cc3)c2=O)cc1. The van der Waals surface area contributed by atoms with Crippen LogP contribution in [-0.4, -0.2) is 21.5 Å². The van der Waals surface area contributed by atoms with Crippen LogP contribution in [0.25, 0.3) is 5.69 Å². The van der Waals surface area contributed by atoms with Gasteiger partial charge in [0.2, 0.25) is 5.91 Å². The molecular formula is C30H33N3O4S.